The number of rotatable bonds is 26. The van der Waals surface area contributed by atoms with Gasteiger partial charge in [-0.25, -0.2) is 4.79 Å². The molecule has 0 aliphatic rings. The molecule has 0 amide bonds. The van der Waals surface area contributed by atoms with Crippen molar-refractivity contribution < 1.29 is 38.0 Å². The van der Waals surface area contributed by atoms with Gasteiger partial charge in [0.1, 0.15) is 24.7 Å². The first-order valence-corrected chi connectivity index (χ1v) is 13.6. The van der Waals surface area contributed by atoms with Crippen LogP contribution in [-0.2, 0) is 38.0 Å². The molecule has 0 heterocycles. The van der Waals surface area contributed by atoms with Gasteiger partial charge in [-0.05, 0) is 46.3 Å². The van der Waals surface area contributed by atoms with Crippen molar-refractivity contribution in [3.63, 3.8) is 0 Å². The Morgan fingerprint density at radius 2 is 1.40 bits per heavy atom. The van der Waals surface area contributed by atoms with Crippen LogP contribution in [0.3, 0.4) is 0 Å². The third-order valence-electron chi connectivity index (χ3n) is 5.81. The minimum Gasteiger partial charge on any atom is -0.498 e. The van der Waals surface area contributed by atoms with Gasteiger partial charge in [0.25, 0.3) is 0 Å². The van der Waals surface area contributed by atoms with E-state index in [0.29, 0.717) is 49.9 Å². The van der Waals surface area contributed by atoms with E-state index in [1.165, 1.54) is 12.2 Å². The van der Waals surface area contributed by atoms with Crippen molar-refractivity contribution in [3.8, 4) is 0 Å². The fourth-order valence-corrected chi connectivity index (χ4v) is 3.01. The number of hydrogen-bond acceptors (Lipinski definition) is 8. The van der Waals surface area contributed by atoms with Crippen LogP contribution in [0, 0.1) is 11.3 Å². The largest absolute Gasteiger partial charge is 0.498 e. The highest BCUT2D eigenvalue weighted by Crippen LogP contribution is 2.27. The Hall–Kier alpha value is -2.81. The molecule has 0 aromatic carbocycles. The minimum absolute atomic E-state index is 0.0293. The summed E-state index contributed by atoms with van der Waals surface area (Å²) in [6.45, 7) is 34.2. The van der Waals surface area contributed by atoms with Crippen molar-refractivity contribution in [1.29, 1.82) is 0 Å². The summed E-state index contributed by atoms with van der Waals surface area (Å²) in [7, 11) is 0. The van der Waals surface area contributed by atoms with Gasteiger partial charge in [-0.2, -0.15) is 0 Å². The molecule has 0 bridgehead atoms. The summed E-state index contributed by atoms with van der Waals surface area (Å²) in [6.07, 6.45) is 5.65. The summed E-state index contributed by atoms with van der Waals surface area (Å²) in [6, 6.07) is 0. The minimum atomic E-state index is -0.870. The summed E-state index contributed by atoms with van der Waals surface area (Å²) in [4.78, 5) is 12.0. The van der Waals surface area contributed by atoms with E-state index in [9.17, 15) is 4.79 Å². The van der Waals surface area contributed by atoms with E-state index in [-0.39, 0.29) is 45.1 Å². The lowest BCUT2D eigenvalue weighted by Crippen LogP contribution is -2.45. The molecule has 0 N–H and O–H groups in total. The molecule has 2 unspecified atom stereocenters. The smallest absolute Gasteiger partial charge is 0.330 e. The first kappa shape index (κ1) is 37.2. The van der Waals surface area contributed by atoms with E-state index in [0.717, 1.165) is 6.08 Å². The number of carbonyl (C=O) groups excluding carboxylic acids is 1. The summed E-state index contributed by atoms with van der Waals surface area (Å²) in [5, 5.41) is 0. The van der Waals surface area contributed by atoms with Crippen LogP contribution in [0.15, 0.2) is 75.0 Å². The molecule has 0 rings (SSSR count). The quantitative estimate of drug-likeness (QED) is 0.0523. The number of carbonyl (C=O) groups is 1. The lowest BCUT2D eigenvalue weighted by atomic mass is 9.91. The van der Waals surface area contributed by atoms with Gasteiger partial charge in [-0.3, -0.25) is 0 Å². The van der Waals surface area contributed by atoms with Gasteiger partial charge < -0.3 is 33.2 Å². The highest BCUT2D eigenvalue weighted by atomic mass is 16.6. The third kappa shape index (κ3) is 17.7. The lowest BCUT2D eigenvalue weighted by Gasteiger charge is -2.36. The average Bonchev–Trinajstić information content (AvgIpc) is 2.93. The van der Waals surface area contributed by atoms with Crippen LogP contribution in [0.25, 0.3) is 0 Å². The highest BCUT2D eigenvalue weighted by molar-refractivity contribution is 5.81. The van der Waals surface area contributed by atoms with Gasteiger partial charge in [0.2, 0.25) is 0 Å². The molecule has 0 radical (unpaired) electrons. The Morgan fingerprint density at radius 1 is 0.800 bits per heavy atom. The van der Waals surface area contributed by atoms with Crippen molar-refractivity contribution in [2.75, 3.05) is 52.9 Å². The van der Waals surface area contributed by atoms with Gasteiger partial charge in [-0.1, -0.05) is 46.4 Å². The van der Waals surface area contributed by atoms with Crippen molar-refractivity contribution in [2.45, 2.75) is 59.2 Å². The van der Waals surface area contributed by atoms with Crippen molar-refractivity contribution in [3.05, 3.63) is 75.0 Å². The maximum absolute atomic E-state index is 12.0. The zero-order chi connectivity index (χ0) is 30.6. The molecule has 8 heteroatoms. The first-order valence-electron chi connectivity index (χ1n) is 13.6. The number of hydrogen-bond donors (Lipinski definition) is 0. The molecule has 0 fully saturated rings. The number of esters is 1. The molecule has 40 heavy (non-hydrogen) atoms. The van der Waals surface area contributed by atoms with Gasteiger partial charge in [0.05, 0.1) is 61.8 Å². The zero-order valence-electron chi connectivity index (χ0n) is 25.5. The van der Waals surface area contributed by atoms with Gasteiger partial charge in [0.15, 0.2) is 0 Å². The Bertz CT molecular complexity index is 803. The van der Waals surface area contributed by atoms with Crippen LogP contribution >= 0.6 is 0 Å². The molecule has 228 valence electrons. The first-order chi connectivity index (χ1) is 18.8. The monoisotopic (exact) mass is 564 g/mol. The molecular formula is C32H52O8. The molecule has 0 aromatic rings. The van der Waals surface area contributed by atoms with Crippen molar-refractivity contribution >= 4 is 5.97 Å². The van der Waals surface area contributed by atoms with E-state index >= 15 is 0 Å². The molecule has 0 aromatic heterocycles. The maximum Gasteiger partial charge on any atom is 0.330 e. The van der Waals surface area contributed by atoms with E-state index in [1.54, 1.807) is 0 Å². The van der Waals surface area contributed by atoms with E-state index in [1.807, 2.05) is 34.6 Å². The Morgan fingerprint density at radius 3 is 1.98 bits per heavy atom. The second kappa shape index (κ2) is 20.1. The summed E-state index contributed by atoms with van der Waals surface area (Å²) < 4.78 is 41.0. The van der Waals surface area contributed by atoms with E-state index in [2.05, 4.69) is 39.5 Å². The van der Waals surface area contributed by atoms with Crippen molar-refractivity contribution in [2.24, 2.45) is 11.3 Å². The Kier molecular flexibility index (Phi) is 18.7. The predicted molar refractivity (Wildman–Crippen MR) is 160 cm³/mol. The van der Waals surface area contributed by atoms with Crippen LogP contribution in [0.4, 0.5) is 0 Å². The zero-order valence-corrected chi connectivity index (χ0v) is 25.5. The van der Waals surface area contributed by atoms with Crippen molar-refractivity contribution in [1.82, 2.24) is 0 Å². The second-order valence-electron chi connectivity index (χ2n) is 10.6. The summed E-state index contributed by atoms with van der Waals surface area (Å²) in [5.74, 6) is 0.815. The van der Waals surface area contributed by atoms with Gasteiger partial charge in [0, 0.05) is 19.1 Å². The van der Waals surface area contributed by atoms with Gasteiger partial charge in [-0.15, -0.1) is 0 Å². The third-order valence-corrected chi connectivity index (χ3v) is 5.81. The molecule has 2 atom stereocenters. The number of allylic oxidation sites excluding steroid dienone is 3. The summed E-state index contributed by atoms with van der Waals surface area (Å²) in [5.41, 5.74) is -1.39. The maximum atomic E-state index is 12.0. The molecular weight excluding hydrogens is 512 g/mol. The molecule has 0 spiro atoms. The topological polar surface area (TPSA) is 81.7 Å². The van der Waals surface area contributed by atoms with Crippen LogP contribution in [0.2, 0.25) is 0 Å². The predicted octanol–water partition coefficient (Wildman–Crippen LogP) is 6.32. The van der Waals surface area contributed by atoms with Crippen LogP contribution < -0.4 is 0 Å². The SMILES string of the molecule is C=CC(=C)OCC(COCC(COC(=C)C=C)(COC(=O)C=C)COC(C)(C)CCOC(C)C)COC(=C)CC. The standard InChI is InChI=1S/C32H52O8/c1-12-26(7)36-19-29(20-37-27(8)13-2)18-34-21-32(22-38-28(9)14-3,23-39-30(33)15-4)24-40-31(10,11)16-17-35-25(5)6/h12,14-15,25,29H,1,3-4,7-9,13,16-24H2,2,5-6,10-11H3. The van der Waals surface area contributed by atoms with Gasteiger partial charge >= 0.3 is 5.97 Å². The second-order valence-corrected chi connectivity index (χ2v) is 10.6. The fourth-order valence-electron chi connectivity index (χ4n) is 3.01. The molecule has 0 saturated carbocycles. The van der Waals surface area contributed by atoms with E-state index < -0.39 is 17.0 Å². The highest BCUT2D eigenvalue weighted by Gasteiger charge is 2.37. The Labute approximate surface area is 242 Å². The van der Waals surface area contributed by atoms with E-state index in [4.69, 9.17) is 33.2 Å². The van der Waals surface area contributed by atoms with Crippen LogP contribution in [0.1, 0.15) is 47.5 Å². The normalized spacial score (nSPS) is 13.4. The lowest BCUT2D eigenvalue weighted by molar-refractivity contribution is -0.158. The van der Waals surface area contributed by atoms with Crippen LogP contribution in [0.5, 0.6) is 0 Å². The average molecular weight is 565 g/mol. The Balaban J connectivity index is 5.76. The fraction of sp³-hybridized carbons (Fsp3) is 0.594. The molecule has 0 aliphatic heterocycles. The molecule has 0 saturated heterocycles. The van der Waals surface area contributed by atoms with Crippen LogP contribution in [-0.4, -0.2) is 70.5 Å². The molecule has 0 aliphatic carbocycles. The molecule has 8 nitrogen and oxygen atoms in total. The number of ether oxygens (including phenoxy) is 7. The summed E-state index contributed by atoms with van der Waals surface area (Å²) >= 11 is 0.